The summed E-state index contributed by atoms with van der Waals surface area (Å²) in [6.45, 7) is 2.10. The Hall–Kier alpha value is -3.03. The second-order valence-corrected chi connectivity index (χ2v) is 4.71. The zero-order chi connectivity index (χ0) is 15.5. The number of rotatable bonds is 4. The van der Waals surface area contributed by atoms with Crippen molar-refractivity contribution in [1.29, 1.82) is 0 Å². The fourth-order valence-corrected chi connectivity index (χ4v) is 1.92. The van der Waals surface area contributed by atoms with Gasteiger partial charge in [-0.3, -0.25) is 9.48 Å². The number of amides is 1. The summed E-state index contributed by atoms with van der Waals surface area (Å²) in [7, 11) is 0. The first-order valence-corrected chi connectivity index (χ1v) is 6.49. The Balaban J connectivity index is 1.67. The van der Waals surface area contributed by atoms with Crippen molar-refractivity contribution in [2.24, 2.45) is 0 Å². The molecule has 0 saturated carbocycles. The molecule has 22 heavy (non-hydrogen) atoms. The molecule has 0 bridgehead atoms. The number of aromatic nitrogens is 4. The Labute approximate surface area is 124 Å². The van der Waals surface area contributed by atoms with Crippen LogP contribution in [-0.4, -0.2) is 26.0 Å². The van der Waals surface area contributed by atoms with Crippen LogP contribution in [0.3, 0.4) is 0 Å². The summed E-state index contributed by atoms with van der Waals surface area (Å²) in [4.78, 5) is 11.9. The average molecular weight is 301 g/mol. The van der Waals surface area contributed by atoms with Crippen LogP contribution in [-0.2, 0) is 6.54 Å². The Morgan fingerprint density at radius 3 is 2.77 bits per heavy atom. The first-order valence-electron chi connectivity index (χ1n) is 6.49. The van der Waals surface area contributed by atoms with E-state index in [4.69, 9.17) is 0 Å². The Kier molecular flexibility index (Phi) is 3.65. The van der Waals surface area contributed by atoms with Gasteiger partial charge in [0.05, 0.1) is 18.4 Å². The molecule has 0 aliphatic rings. The van der Waals surface area contributed by atoms with E-state index >= 15 is 0 Å². The Morgan fingerprint density at radius 2 is 2.09 bits per heavy atom. The van der Waals surface area contributed by atoms with Gasteiger partial charge < -0.3 is 5.32 Å². The van der Waals surface area contributed by atoms with Gasteiger partial charge in [-0.2, -0.15) is 5.10 Å². The molecular formula is C14H12FN5O2. The normalized spacial score (nSPS) is 10.6. The molecule has 2 heterocycles. The second kappa shape index (κ2) is 5.76. The van der Waals surface area contributed by atoms with Gasteiger partial charge in [-0.1, -0.05) is 17.3 Å². The number of hydrogen-bond acceptors (Lipinski definition) is 5. The van der Waals surface area contributed by atoms with Crippen LogP contribution in [0.2, 0.25) is 0 Å². The van der Waals surface area contributed by atoms with Gasteiger partial charge in [0, 0.05) is 6.20 Å². The van der Waals surface area contributed by atoms with Crippen molar-refractivity contribution in [3.63, 3.8) is 0 Å². The summed E-state index contributed by atoms with van der Waals surface area (Å²) in [6.07, 6.45) is 3.19. The van der Waals surface area contributed by atoms with E-state index in [1.807, 2.05) is 0 Å². The smallest absolute Gasteiger partial charge is 0.279 e. The van der Waals surface area contributed by atoms with Gasteiger partial charge in [-0.15, -0.1) is 0 Å². The van der Waals surface area contributed by atoms with Gasteiger partial charge in [-0.05, 0) is 29.8 Å². The molecule has 1 aromatic carbocycles. The predicted molar refractivity (Wildman–Crippen MR) is 74.7 cm³/mol. The highest BCUT2D eigenvalue weighted by Gasteiger charge is 2.15. The summed E-state index contributed by atoms with van der Waals surface area (Å²) in [5, 5.41) is 13.9. The van der Waals surface area contributed by atoms with E-state index in [-0.39, 0.29) is 11.5 Å². The lowest BCUT2D eigenvalue weighted by molar-refractivity contribution is 0.101. The molecule has 0 aliphatic carbocycles. The van der Waals surface area contributed by atoms with Gasteiger partial charge in [0.1, 0.15) is 11.5 Å². The fourth-order valence-electron chi connectivity index (χ4n) is 1.92. The van der Waals surface area contributed by atoms with Crippen molar-refractivity contribution in [1.82, 2.24) is 20.1 Å². The molecule has 1 N–H and O–H groups in total. The minimum Gasteiger partial charge on any atom is -0.318 e. The van der Waals surface area contributed by atoms with Crippen LogP contribution in [0, 0.1) is 12.7 Å². The van der Waals surface area contributed by atoms with Crippen molar-refractivity contribution < 1.29 is 13.8 Å². The van der Waals surface area contributed by atoms with Gasteiger partial charge in [0.25, 0.3) is 5.91 Å². The molecule has 0 aliphatic heterocycles. The minimum atomic E-state index is -0.417. The highest BCUT2D eigenvalue weighted by Crippen LogP contribution is 2.11. The van der Waals surface area contributed by atoms with Crippen LogP contribution in [0.5, 0.6) is 0 Å². The molecule has 7 nitrogen and oxygen atoms in total. The summed E-state index contributed by atoms with van der Waals surface area (Å²) >= 11 is 0. The number of carbonyl (C=O) groups is 1. The number of benzene rings is 1. The molecule has 3 aromatic rings. The van der Waals surface area contributed by atoms with E-state index in [2.05, 4.69) is 25.4 Å². The standard InChI is InChI=1S/C14H12FN5O2/c1-9-13(19-22-18-9)14(21)17-12-6-16-20(8-12)7-10-2-4-11(15)5-3-10/h2-6,8H,7H2,1H3,(H,17,21). The summed E-state index contributed by atoms with van der Waals surface area (Å²) < 4.78 is 19.0. The van der Waals surface area contributed by atoms with E-state index in [1.54, 1.807) is 29.9 Å². The second-order valence-electron chi connectivity index (χ2n) is 4.71. The third-order valence-corrected chi connectivity index (χ3v) is 3.02. The first kappa shape index (κ1) is 13.9. The number of anilines is 1. The van der Waals surface area contributed by atoms with Crippen LogP contribution in [0.4, 0.5) is 10.1 Å². The van der Waals surface area contributed by atoms with Gasteiger partial charge in [0.2, 0.25) is 0 Å². The van der Waals surface area contributed by atoms with Crippen molar-refractivity contribution in [3.05, 3.63) is 59.4 Å². The summed E-state index contributed by atoms with van der Waals surface area (Å²) in [5.74, 6) is -0.700. The predicted octanol–water partition coefficient (Wildman–Crippen LogP) is 2.01. The molecule has 0 radical (unpaired) electrons. The number of nitrogens with zero attached hydrogens (tertiary/aromatic N) is 4. The quantitative estimate of drug-likeness (QED) is 0.796. The van der Waals surface area contributed by atoms with Crippen LogP contribution >= 0.6 is 0 Å². The molecular weight excluding hydrogens is 289 g/mol. The average Bonchev–Trinajstić information content (AvgIpc) is 3.10. The lowest BCUT2D eigenvalue weighted by Gasteiger charge is -2.01. The monoisotopic (exact) mass is 301 g/mol. The van der Waals surface area contributed by atoms with E-state index in [9.17, 15) is 9.18 Å². The molecule has 0 spiro atoms. The van der Waals surface area contributed by atoms with Gasteiger partial charge >= 0.3 is 0 Å². The topological polar surface area (TPSA) is 85.8 Å². The SMILES string of the molecule is Cc1nonc1C(=O)Nc1cnn(Cc2ccc(F)cc2)c1. The fraction of sp³-hybridized carbons (Fsp3) is 0.143. The van der Waals surface area contributed by atoms with Crippen LogP contribution in [0.1, 0.15) is 21.7 Å². The maximum absolute atomic E-state index is 12.9. The minimum absolute atomic E-state index is 0.131. The van der Waals surface area contributed by atoms with Gasteiger partial charge in [0.15, 0.2) is 5.69 Å². The zero-order valence-electron chi connectivity index (χ0n) is 11.7. The number of carbonyl (C=O) groups excluding carboxylic acids is 1. The molecule has 1 amide bonds. The first-order chi connectivity index (χ1) is 10.6. The number of halogens is 1. The lowest BCUT2D eigenvalue weighted by atomic mass is 10.2. The van der Waals surface area contributed by atoms with Crippen molar-refractivity contribution in [2.45, 2.75) is 13.5 Å². The Bertz CT molecular complexity index is 794. The molecule has 112 valence electrons. The van der Waals surface area contributed by atoms with Crippen molar-refractivity contribution in [2.75, 3.05) is 5.32 Å². The van der Waals surface area contributed by atoms with Crippen molar-refractivity contribution >= 4 is 11.6 Å². The van der Waals surface area contributed by atoms with E-state index < -0.39 is 5.91 Å². The number of hydrogen-bond donors (Lipinski definition) is 1. The lowest BCUT2D eigenvalue weighted by Crippen LogP contribution is -2.13. The molecule has 2 aromatic heterocycles. The molecule has 0 unspecified atom stereocenters. The highest BCUT2D eigenvalue weighted by molar-refractivity contribution is 6.03. The number of aryl methyl sites for hydroxylation is 1. The maximum Gasteiger partial charge on any atom is 0.279 e. The Morgan fingerprint density at radius 1 is 1.32 bits per heavy atom. The summed E-state index contributed by atoms with van der Waals surface area (Å²) in [5.41, 5.74) is 1.97. The van der Waals surface area contributed by atoms with Crippen LogP contribution < -0.4 is 5.32 Å². The molecule has 0 fully saturated rings. The molecule has 3 rings (SSSR count). The van der Waals surface area contributed by atoms with E-state index in [1.165, 1.54) is 18.3 Å². The maximum atomic E-state index is 12.9. The highest BCUT2D eigenvalue weighted by atomic mass is 19.1. The third-order valence-electron chi connectivity index (χ3n) is 3.02. The van der Waals surface area contributed by atoms with E-state index in [0.29, 0.717) is 17.9 Å². The third kappa shape index (κ3) is 3.00. The summed E-state index contributed by atoms with van der Waals surface area (Å²) in [6, 6.07) is 6.14. The van der Waals surface area contributed by atoms with Crippen LogP contribution in [0.25, 0.3) is 0 Å². The van der Waals surface area contributed by atoms with Crippen molar-refractivity contribution in [3.8, 4) is 0 Å². The largest absolute Gasteiger partial charge is 0.318 e. The number of nitrogens with one attached hydrogen (secondary N) is 1. The van der Waals surface area contributed by atoms with E-state index in [0.717, 1.165) is 5.56 Å². The van der Waals surface area contributed by atoms with Gasteiger partial charge in [-0.25, -0.2) is 9.02 Å². The zero-order valence-corrected chi connectivity index (χ0v) is 11.7. The molecule has 0 saturated heterocycles. The molecule has 0 atom stereocenters. The molecule has 8 heteroatoms. The van der Waals surface area contributed by atoms with Crippen LogP contribution in [0.15, 0.2) is 41.3 Å².